The van der Waals surface area contributed by atoms with Crippen molar-refractivity contribution >= 4 is 11.8 Å². The summed E-state index contributed by atoms with van der Waals surface area (Å²) in [5.74, 6) is -0.777. The van der Waals surface area contributed by atoms with Gasteiger partial charge < -0.3 is 10.2 Å². The minimum Gasteiger partial charge on any atom is -0.354 e. The highest BCUT2D eigenvalue weighted by Crippen LogP contribution is 2.29. The van der Waals surface area contributed by atoms with Crippen molar-refractivity contribution in [1.82, 2.24) is 10.2 Å². The second-order valence-electron chi connectivity index (χ2n) is 8.55. The van der Waals surface area contributed by atoms with E-state index in [0.29, 0.717) is 6.54 Å². The van der Waals surface area contributed by atoms with Crippen LogP contribution in [-0.4, -0.2) is 29.3 Å². The molecule has 0 unspecified atom stereocenters. The van der Waals surface area contributed by atoms with E-state index in [1.54, 1.807) is 24.0 Å². The van der Waals surface area contributed by atoms with E-state index < -0.39 is 6.04 Å². The number of hydrogen-bond acceptors (Lipinski definition) is 2. The summed E-state index contributed by atoms with van der Waals surface area (Å²) in [6, 6.07) is 25.3. The quantitative estimate of drug-likeness (QED) is 0.374. The van der Waals surface area contributed by atoms with Crippen LogP contribution in [0.15, 0.2) is 84.9 Å². The van der Waals surface area contributed by atoms with Crippen molar-refractivity contribution in [2.45, 2.75) is 51.6 Å². The molecule has 1 atom stereocenters. The fraction of sp³-hybridized carbons (Fsp3) is 0.310. The van der Waals surface area contributed by atoms with Crippen LogP contribution in [0.4, 0.5) is 4.39 Å². The number of rotatable bonds is 11. The van der Waals surface area contributed by atoms with Crippen LogP contribution in [0, 0.1) is 5.82 Å². The van der Waals surface area contributed by atoms with Crippen molar-refractivity contribution in [2.24, 2.45) is 0 Å². The molecule has 34 heavy (non-hydrogen) atoms. The number of carbonyl (C=O) groups excluding carboxylic acids is 2. The monoisotopic (exact) mass is 460 g/mol. The molecular weight excluding hydrogens is 427 g/mol. The van der Waals surface area contributed by atoms with Crippen LogP contribution in [0.2, 0.25) is 0 Å². The topological polar surface area (TPSA) is 49.4 Å². The number of nitrogens with zero attached hydrogens (tertiary/aromatic N) is 1. The molecule has 178 valence electrons. The van der Waals surface area contributed by atoms with Crippen molar-refractivity contribution < 1.29 is 14.0 Å². The Hall–Kier alpha value is -3.47. The minimum atomic E-state index is -0.651. The highest BCUT2D eigenvalue weighted by Gasteiger charge is 2.29. The number of amides is 2. The average Bonchev–Trinajstić information content (AvgIpc) is 2.87. The molecule has 0 radical (unpaired) electrons. The standard InChI is InChI=1S/C29H33FN2O2/c1-3-4-19-31-29(34)22(2)32(21-23-15-17-26(30)18-16-23)28(33)20-27(24-11-7-5-8-12-24)25-13-9-6-10-14-25/h5-18,22,27H,3-4,19-21H2,1-2H3,(H,31,34)/t22-/m0/s1. The molecule has 0 bridgehead atoms. The lowest BCUT2D eigenvalue weighted by Gasteiger charge is -2.30. The Morgan fingerprint density at radius 1 is 0.882 bits per heavy atom. The van der Waals surface area contributed by atoms with E-state index in [9.17, 15) is 14.0 Å². The lowest BCUT2D eigenvalue weighted by Crippen LogP contribution is -2.48. The normalized spacial score (nSPS) is 11.8. The lowest BCUT2D eigenvalue weighted by molar-refractivity contribution is -0.140. The Kier molecular flexibility index (Phi) is 9.39. The maximum absolute atomic E-state index is 13.7. The molecule has 3 aromatic rings. The molecule has 0 heterocycles. The zero-order valence-electron chi connectivity index (χ0n) is 19.9. The van der Waals surface area contributed by atoms with Crippen LogP contribution >= 0.6 is 0 Å². The van der Waals surface area contributed by atoms with Gasteiger partial charge in [0.1, 0.15) is 11.9 Å². The zero-order valence-corrected chi connectivity index (χ0v) is 19.9. The van der Waals surface area contributed by atoms with Crippen molar-refractivity contribution in [3.05, 3.63) is 107 Å². The summed E-state index contributed by atoms with van der Waals surface area (Å²) >= 11 is 0. The van der Waals surface area contributed by atoms with Crippen molar-refractivity contribution in [3.63, 3.8) is 0 Å². The van der Waals surface area contributed by atoms with Crippen LogP contribution in [-0.2, 0) is 16.1 Å². The molecule has 0 spiro atoms. The zero-order chi connectivity index (χ0) is 24.3. The molecule has 3 aromatic carbocycles. The van der Waals surface area contributed by atoms with Gasteiger partial charge in [-0.25, -0.2) is 4.39 Å². The first-order chi connectivity index (χ1) is 16.5. The predicted octanol–water partition coefficient (Wildman–Crippen LogP) is 5.68. The molecular formula is C29H33FN2O2. The van der Waals surface area contributed by atoms with Crippen LogP contribution in [0.3, 0.4) is 0 Å². The van der Waals surface area contributed by atoms with E-state index in [-0.39, 0.29) is 36.5 Å². The van der Waals surface area contributed by atoms with E-state index in [0.717, 1.165) is 29.5 Å². The van der Waals surface area contributed by atoms with Gasteiger partial charge in [0.05, 0.1) is 0 Å². The Labute approximate surface area is 201 Å². The smallest absolute Gasteiger partial charge is 0.242 e. The second kappa shape index (κ2) is 12.7. The highest BCUT2D eigenvalue weighted by molar-refractivity contribution is 5.87. The summed E-state index contributed by atoms with van der Waals surface area (Å²) in [4.78, 5) is 28.2. The molecule has 0 saturated heterocycles. The predicted molar refractivity (Wildman–Crippen MR) is 134 cm³/mol. The van der Waals surface area contributed by atoms with Crippen LogP contribution in [0.1, 0.15) is 55.7 Å². The summed E-state index contributed by atoms with van der Waals surface area (Å²) in [5.41, 5.74) is 2.87. The number of unbranched alkanes of at least 4 members (excludes halogenated alkanes) is 1. The van der Waals surface area contributed by atoms with Gasteiger partial charge in [0.2, 0.25) is 11.8 Å². The molecule has 3 rings (SSSR count). The Morgan fingerprint density at radius 3 is 1.97 bits per heavy atom. The van der Waals surface area contributed by atoms with Gasteiger partial charge >= 0.3 is 0 Å². The summed E-state index contributed by atoms with van der Waals surface area (Å²) in [6.45, 7) is 4.63. The molecule has 0 aromatic heterocycles. The molecule has 1 N–H and O–H groups in total. The largest absolute Gasteiger partial charge is 0.354 e. The fourth-order valence-corrected chi connectivity index (χ4v) is 4.00. The molecule has 0 saturated carbocycles. The molecule has 0 aliphatic heterocycles. The number of benzene rings is 3. The maximum atomic E-state index is 13.7. The van der Waals surface area contributed by atoms with Gasteiger partial charge in [-0.15, -0.1) is 0 Å². The third-order valence-electron chi connectivity index (χ3n) is 6.05. The maximum Gasteiger partial charge on any atom is 0.242 e. The van der Waals surface area contributed by atoms with Crippen molar-refractivity contribution in [1.29, 1.82) is 0 Å². The lowest BCUT2D eigenvalue weighted by atomic mass is 9.88. The summed E-state index contributed by atoms with van der Waals surface area (Å²) in [7, 11) is 0. The first-order valence-electron chi connectivity index (χ1n) is 11.9. The second-order valence-corrected chi connectivity index (χ2v) is 8.55. The fourth-order valence-electron chi connectivity index (χ4n) is 4.00. The number of nitrogens with one attached hydrogen (secondary N) is 1. The van der Waals surface area contributed by atoms with Crippen LogP contribution in [0.25, 0.3) is 0 Å². The van der Waals surface area contributed by atoms with E-state index >= 15 is 0 Å². The number of hydrogen-bond donors (Lipinski definition) is 1. The van der Waals surface area contributed by atoms with Crippen LogP contribution in [0.5, 0.6) is 0 Å². The van der Waals surface area contributed by atoms with Gasteiger partial charge in [0.15, 0.2) is 0 Å². The molecule has 2 amide bonds. The highest BCUT2D eigenvalue weighted by atomic mass is 19.1. The Balaban J connectivity index is 1.87. The van der Waals surface area contributed by atoms with E-state index in [2.05, 4.69) is 12.2 Å². The molecule has 4 nitrogen and oxygen atoms in total. The van der Waals surface area contributed by atoms with Gasteiger partial charge in [0, 0.05) is 25.4 Å². The van der Waals surface area contributed by atoms with E-state index in [1.807, 2.05) is 60.7 Å². The van der Waals surface area contributed by atoms with Gasteiger partial charge in [-0.05, 0) is 42.2 Å². The molecule has 0 aliphatic carbocycles. The summed E-state index contributed by atoms with van der Waals surface area (Å²) < 4.78 is 13.4. The Bertz CT molecular complexity index is 999. The average molecular weight is 461 g/mol. The first kappa shape index (κ1) is 25.2. The molecule has 5 heteroatoms. The minimum absolute atomic E-state index is 0.125. The number of halogens is 1. The molecule has 0 aliphatic rings. The molecule has 0 fully saturated rings. The van der Waals surface area contributed by atoms with Crippen LogP contribution < -0.4 is 5.32 Å². The van der Waals surface area contributed by atoms with E-state index in [4.69, 9.17) is 0 Å². The number of carbonyl (C=O) groups is 2. The third kappa shape index (κ3) is 7.01. The Morgan fingerprint density at radius 2 is 1.44 bits per heavy atom. The van der Waals surface area contributed by atoms with Crippen molar-refractivity contribution in [3.8, 4) is 0 Å². The summed E-state index contributed by atoms with van der Waals surface area (Å²) in [5, 5.41) is 2.94. The third-order valence-corrected chi connectivity index (χ3v) is 6.05. The van der Waals surface area contributed by atoms with Gasteiger partial charge in [-0.2, -0.15) is 0 Å². The first-order valence-corrected chi connectivity index (χ1v) is 11.9. The van der Waals surface area contributed by atoms with Gasteiger partial charge in [-0.1, -0.05) is 86.1 Å². The van der Waals surface area contributed by atoms with E-state index in [1.165, 1.54) is 12.1 Å². The van der Waals surface area contributed by atoms with Crippen molar-refractivity contribution in [2.75, 3.05) is 6.54 Å². The SMILES string of the molecule is CCCCNC(=O)[C@H](C)N(Cc1ccc(F)cc1)C(=O)CC(c1ccccc1)c1ccccc1. The van der Waals surface area contributed by atoms with Gasteiger partial charge in [0.25, 0.3) is 0 Å². The summed E-state index contributed by atoms with van der Waals surface area (Å²) in [6.07, 6.45) is 2.08. The van der Waals surface area contributed by atoms with Gasteiger partial charge in [-0.3, -0.25) is 9.59 Å².